The largest absolute Gasteiger partial charge is 0.391 e. The van der Waals surface area contributed by atoms with Gasteiger partial charge in [-0.3, -0.25) is 39.5 Å². The van der Waals surface area contributed by atoms with Crippen LogP contribution in [0, 0.1) is 11.3 Å². The predicted octanol–water partition coefficient (Wildman–Crippen LogP) is -0.0664. The van der Waals surface area contributed by atoms with E-state index in [0.29, 0.717) is 38.8 Å². The van der Waals surface area contributed by atoms with Gasteiger partial charge in [-0.15, -0.1) is 0 Å². The number of nitrogens with two attached hydrogens (primary N) is 2. The van der Waals surface area contributed by atoms with Crippen LogP contribution in [-0.4, -0.2) is 130 Å². The Morgan fingerprint density at radius 3 is 2.32 bits per heavy atom. The molecule has 0 aliphatic carbocycles. The highest BCUT2D eigenvalue weighted by Crippen LogP contribution is 2.24. The number of nitrogens with one attached hydrogen (secondary N) is 8. The molecule has 2 aliphatic rings. The molecule has 3 aromatic rings. The number of guanidine groups is 1. The summed E-state index contributed by atoms with van der Waals surface area (Å²) in [5.74, 6) is -3.89. The molecule has 5 amide bonds. The van der Waals surface area contributed by atoms with Gasteiger partial charge >= 0.3 is 0 Å². The van der Waals surface area contributed by atoms with Crippen LogP contribution in [-0.2, 0) is 41.6 Å². The number of aromatic amines is 1. The third kappa shape index (κ3) is 15.4. The summed E-state index contributed by atoms with van der Waals surface area (Å²) in [5, 5.41) is 48.7. The number of H-pyrrole nitrogens is 1. The van der Waals surface area contributed by atoms with Crippen molar-refractivity contribution < 1.29 is 39.0 Å². The minimum absolute atomic E-state index is 0.00855. The number of carbonyl (C=O) groups excluding carboxylic acids is 6. The minimum atomic E-state index is -1.58. The Labute approximate surface area is 379 Å². The van der Waals surface area contributed by atoms with Crippen LogP contribution in [0.4, 0.5) is 0 Å². The third-order valence-electron chi connectivity index (χ3n) is 12.1. The summed E-state index contributed by atoms with van der Waals surface area (Å²) in [4.78, 5) is 86.7. The maximum atomic E-state index is 14.5. The molecular formula is C46H67N11O8. The highest BCUT2D eigenvalue weighted by molar-refractivity contribution is 5.94. The number of hydrogen-bond donors (Lipinski definition) is 12. The lowest BCUT2D eigenvalue weighted by molar-refractivity contribution is -0.142. The topological polar surface area (TPSA) is 310 Å². The van der Waals surface area contributed by atoms with E-state index >= 15 is 0 Å². The Morgan fingerprint density at radius 1 is 0.846 bits per heavy atom. The third-order valence-corrected chi connectivity index (χ3v) is 12.1. The summed E-state index contributed by atoms with van der Waals surface area (Å²) in [6.07, 6.45) is 2.45. The molecule has 0 bridgehead atoms. The summed E-state index contributed by atoms with van der Waals surface area (Å²) < 4.78 is 0. The molecule has 2 aliphatic heterocycles. The van der Waals surface area contributed by atoms with Crippen LogP contribution in [0.1, 0.15) is 82.3 Å². The Hall–Kier alpha value is -5.89. The van der Waals surface area contributed by atoms with Crippen LogP contribution in [0.15, 0.2) is 60.8 Å². The number of aliphatic hydroxyl groups excluding tert-OH is 2. The number of primary amides is 1. The van der Waals surface area contributed by atoms with E-state index in [2.05, 4.69) is 36.9 Å². The van der Waals surface area contributed by atoms with Crippen molar-refractivity contribution in [3.05, 3.63) is 71.9 Å². The molecule has 0 spiro atoms. The average molecular weight is 902 g/mol. The van der Waals surface area contributed by atoms with Gasteiger partial charge in [0.25, 0.3) is 0 Å². The van der Waals surface area contributed by atoms with Crippen molar-refractivity contribution in [2.75, 3.05) is 26.2 Å². The summed E-state index contributed by atoms with van der Waals surface area (Å²) in [5.41, 5.74) is 13.6. The van der Waals surface area contributed by atoms with Gasteiger partial charge in [-0.1, -0.05) is 55.5 Å². The number of para-hydroxylation sites is 1. The number of ketones is 1. The summed E-state index contributed by atoms with van der Waals surface area (Å²) in [7, 11) is 0. The van der Waals surface area contributed by atoms with Crippen LogP contribution >= 0.6 is 0 Å². The van der Waals surface area contributed by atoms with Crippen molar-refractivity contribution in [2.24, 2.45) is 17.4 Å². The summed E-state index contributed by atoms with van der Waals surface area (Å²) >= 11 is 0. The van der Waals surface area contributed by atoms with E-state index in [1.807, 2.05) is 42.5 Å². The number of amides is 5. The second-order valence-corrected chi connectivity index (χ2v) is 17.3. The zero-order valence-electron chi connectivity index (χ0n) is 37.2. The van der Waals surface area contributed by atoms with E-state index in [1.54, 1.807) is 25.3 Å². The fourth-order valence-electron chi connectivity index (χ4n) is 8.44. The normalized spacial score (nSPS) is 26.6. The van der Waals surface area contributed by atoms with E-state index in [-0.39, 0.29) is 82.1 Å². The highest BCUT2D eigenvalue weighted by atomic mass is 16.3. The molecular weight excluding hydrogens is 835 g/mol. The fourth-order valence-corrected chi connectivity index (χ4v) is 8.44. The maximum Gasteiger partial charge on any atom is 0.243 e. The molecule has 19 heteroatoms. The van der Waals surface area contributed by atoms with Crippen LogP contribution in [0.3, 0.4) is 0 Å². The molecule has 2 saturated heterocycles. The zero-order chi connectivity index (χ0) is 46.9. The first kappa shape index (κ1) is 50.1. The van der Waals surface area contributed by atoms with Crippen LogP contribution in [0.25, 0.3) is 10.9 Å². The smallest absolute Gasteiger partial charge is 0.243 e. The number of aromatic nitrogens is 1. The quantitative estimate of drug-likeness (QED) is 0.0764. The van der Waals surface area contributed by atoms with Gasteiger partial charge in [0, 0.05) is 61.8 Å². The number of hydrogen-bond acceptors (Lipinski definition) is 11. The number of aliphatic hydroxyl groups is 2. The molecule has 19 nitrogen and oxygen atoms in total. The van der Waals surface area contributed by atoms with E-state index in [1.165, 1.54) is 4.90 Å². The Morgan fingerprint density at radius 2 is 1.57 bits per heavy atom. The molecule has 1 aromatic heterocycles. The number of rotatable bonds is 9. The highest BCUT2D eigenvalue weighted by Gasteiger charge is 2.42. The van der Waals surface area contributed by atoms with Gasteiger partial charge in [0.15, 0.2) is 5.96 Å². The van der Waals surface area contributed by atoms with Crippen molar-refractivity contribution in [3.8, 4) is 0 Å². The molecule has 354 valence electrons. The van der Waals surface area contributed by atoms with E-state index in [4.69, 9.17) is 16.9 Å². The maximum absolute atomic E-state index is 14.5. The first-order chi connectivity index (χ1) is 31.2. The van der Waals surface area contributed by atoms with Crippen LogP contribution in [0.5, 0.6) is 0 Å². The SMILES string of the molecule is CC1CCC(=O)CCCNCCCC[C@@H](C(N)=O)NC(=O)C(Cc2c[nH]c3ccccc23)NC(=O)C(CCCNC(=N)N)NC(O)[C@@H](Cc2ccccc2)NC(=O)[C@@H]2C[C@@H](O)CN2C1=O. The monoisotopic (exact) mass is 902 g/mol. The fraction of sp³-hybridized carbons (Fsp3) is 0.543. The van der Waals surface area contributed by atoms with E-state index in [0.717, 1.165) is 22.0 Å². The molecule has 65 heavy (non-hydrogen) atoms. The second-order valence-electron chi connectivity index (χ2n) is 17.3. The van der Waals surface area contributed by atoms with Gasteiger partial charge in [-0.2, -0.15) is 0 Å². The molecule has 3 heterocycles. The van der Waals surface area contributed by atoms with Gasteiger partial charge < -0.3 is 58.1 Å². The summed E-state index contributed by atoms with van der Waals surface area (Å²) in [6, 6.07) is 11.0. The Bertz CT molecular complexity index is 2080. The van der Waals surface area contributed by atoms with Gasteiger partial charge in [0.1, 0.15) is 30.1 Å². The van der Waals surface area contributed by atoms with Crippen molar-refractivity contribution in [1.29, 1.82) is 5.41 Å². The van der Waals surface area contributed by atoms with E-state index in [9.17, 15) is 39.0 Å². The molecule has 2 aromatic carbocycles. The molecule has 0 saturated carbocycles. The summed E-state index contributed by atoms with van der Waals surface area (Å²) in [6.45, 7) is 3.01. The van der Waals surface area contributed by atoms with Crippen molar-refractivity contribution in [2.45, 2.75) is 127 Å². The number of Topliss-reactive ketones (excluding diaryl/α,β-unsaturated/α-hetero) is 1. The van der Waals surface area contributed by atoms with Crippen LogP contribution < -0.4 is 43.4 Å². The predicted molar refractivity (Wildman–Crippen MR) is 245 cm³/mol. The molecule has 0 radical (unpaired) electrons. The Balaban J connectivity index is 1.46. The van der Waals surface area contributed by atoms with E-state index < -0.39 is 72.1 Å². The first-order valence-electron chi connectivity index (χ1n) is 22.7. The lowest BCUT2D eigenvalue weighted by atomic mass is 9.99. The van der Waals surface area contributed by atoms with Gasteiger partial charge in [-0.05, 0) is 81.6 Å². The Kier molecular flexibility index (Phi) is 19.3. The first-order valence-corrected chi connectivity index (χ1v) is 22.7. The molecule has 5 rings (SSSR count). The lowest BCUT2D eigenvalue weighted by Crippen LogP contribution is -2.61. The number of carbonyl (C=O) groups is 6. The van der Waals surface area contributed by atoms with Crippen molar-refractivity contribution in [1.82, 2.24) is 41.8 Å². The number of nitrogens with zero attached hydrogens (tertiary/aromatic N) is 1. The van der Waals surface area contributed by atoms with Gasteiger partial charge in [-0.25, -0.2) is 0 Å². The molecule has 8 atom stereocenters. The number of benzene rings is 2. The van der Waals surface area contributed by atoms with Crippen LogP contribution in [0.2, 0.25) is 0 Å². The minimum Gasteiger partial charge on any atom is -0.391 e. The zero-order valence-corrected chi connectivity index (χ0v) is 37.2. The van der Waals surface area contributed by atoms with Crippen molar-refractivity contribution in [3.63, 3.8) is 0 Å². The molecule has 4 unspecified atom stereocenters. The molecule has 14 N–H and O–H groups in total. The van der Waals surface area contributed by atoms with Gasteiger partial charge in [0.2, 0.25) is 29.5 Å². The standard InChI is InChI=1S/C46H67N11O8/c1-28-18-19-31(58)13-9-21-50-20-8-7-16-35(40(47)60)53-43(63)38(24-30-26-52-34-15-6-5-14-33(30)34)55-41(61)36(17-10-22-51-46(48)49)54-42(62)37(23-29-11-3-2-4-12-29)56-44(64)39-25-32(59)27-57(39)45(28)65/h2-6,11-12,14-15,26,28,32,35-39,42,50,52,54,59,62H,7-10,13,16-25,27H2,1H3,(H2,47,60)(H,53,63)(H,55,61)(H,56,64)(H4,48,49,51)/t28?,32-,35+,36?,37-,38?,39+,42?/m1/s1. The molecule has 2 fully saturated rings. The van der Waals surface area contributed by atoms with Gasteiger partial charge in [0.05, 0.1) is 18.2 Å². The average Bonchev–Trinajstić information content (AvgIpc) is 3.89. The lowest BCUT2D eigenvalue weighted by Gasteiger charge is -2.32. The van der Waals surface area contributed by atoms with Crippen molar-refractivity contribution >= 4 is 52.2 Å². The second kappa shape index (κ2) is 25.0. The number of fused-ring (bicyclic) bond motifs is 2.